The van der Waals surface area contributed by atoms with Crippen LogP contribution >= 0.6 is 0 Å². The number of piperidine rings is 1. The molecule has 0 unspecified atom stereocenters. The Morgan fingerprint density at radius 2 is 1.83 bits per heavy atom. The van der Waals surface area contributed by atoms with Crippen LogP contribution in [0.4, 0.5) is 0 Å². The van der Waals surface area contributed by atoms with E-state index >= 15 is 0 Å². The number of nitrogens with zero attached hydrogens (tertiary/aromatic N) is 3. The quantitative estimate of drug-likeness (QED) is 0.841. The molecular weight excluding hydrogens is 286 g/mol. The molecule has 1 saturated heterocycles. The minimum Gasteiger partial charge on any atom is -0.378 e. The summed E-state index contributed by atoms with van der Waals surface area (Å²) in [5.74, 6) is 0. The smallest absolute Gasteiger partial charge is 0.116 e. The normalized spacial score (nSPS) is 17.1. The SMILES string of the molecule is COCc1cc(-c2ccc([C@H](C)N3CCCCC3)cc2)ncn1. The van der Waals surface area contributed by atoms with Crippen LogP contribution in [0, 0.1) is 0 Å². The fourth-order valence-electron chi connectivity index (χ4n) is 3.23. The van der Waals surface area contributed by atoms with Crippen LogP contribution in [0.15, 0.2) is 36.7 Å². The van der Waals surface area contributed by atoms with Crippen molar-refractivity contribution in [3.63, 3.8) is 0 Å². The van der Waals surface area contributed by atoms with E-state index < -0.39 is 0 Å². The number of methoxy groups -OCH3 is 1. The van der Waals surface area contributed by atoms with Gasteiger partial charge >= 0.3 is 0 Å². The van der Waals surface area contributed by atoms with Gasteiger partial charge < -0.3 is 4.74 Å². The zero-order chi connectivity index (χ0) is 16.1. The van der Waals surface area contributed by atoms with Crippen molar-refractivity contribution in [2.45, 2.75) is 38.8 Å². The lowest BCUT2D eigenvalue weighted by Gasteiger charge is -2.32. The van der Waals surface area contributed by atoms with Gasteiger partial charge in [-0.3, -0.25) is 4.90 Å². The summed E-state index contributed by atoms with van der Waals surface area (Å²) in [6, 6.07) is 11.3. The highest BCUT2D eigenvalue weighted by molar-refractivity contribution is 5.59. The van der Waals surface area contributed by atoms with Gasteiger partial charge in [0.15, 0.2) is 0 Å². The number of hydrogen-bond donors (Lipinski definition) is 0. The Morgan fingerprint density at radius 1 is 1.09 bits per heavy atom. The number of rotatable bonds is 5. The molecule has 1 aliphatic heterocycles. The summed E-state index contributed by atoms with van der Waals surface area (Å²) in [4.78, 5) is 11.2. The summed E-state index contributed by atoms with van der Waals surface area (Å²) in [6.07, 6.45) is 5.63. The molecule has 3 rings (SSSR count). The zero-order valence-corrected chi connectivity index (χ0v) is 14.0. The van der Waals surface area contributed by atoms with Crippen molar-refractivity contribution in [3.05, 3.63) is 47.9 Å². The van der Waals surface area contributed by atoms with Gasteiger partial charge in [0.05, 0.1) is 18.0 Å². The van der Waals surface area contributed by atoms with Crippen molar-refractivity contribution >= 4 is 0 Å². The summed E-state index contributed by atoms with van der Waals surface area (Å²) in [5, 5.41) is 0. The number of benzene rings is 1. The van der Waals surface area contributed by atoms with E-state index in [0.717, 1.165) is 17.0 Å². The molecule has 0 N–H and O–H groups in total. The van der Waals surface area contributed by atoms with E-state index in [-0.39, 0.29) is 0 Å². The van der Waals surface area contributed by atoms with Gasteiger partial charge in [-0.15, -0.1) is 0 Å². The van der Waals surface area contributed by atoms with Crippen LogP contribution in [0.25, 0.3) is 11.3 Å². The van der Waals surface area contributed by atoms with E-state index in [1.54, 1.807) is 13.4 Å². The van der Waals surface area contributed by atoms with Crippen LogP contribution in [0.5, 0.6) is 0 Å². The van der Waals surface area contributed by atoms with Crippen LogP contribution in [0.1, 0.15) is 43.5 Å². The molecule has 0 aliphatic carbocycles. The molecular formula is C19H25N3O. The second-order valence-electron chi connectivity index (χ2n) is 6.22. The summed E-state index contributed by atoms with van der Waals surface area (Å²) in [5.41, 5.74) is 4.36. The van der Waals surface area contributed by atoms with Crippen molar-refractivity contribution in [2.24, 2.45) is 0 Å². The molecule has 1 aromatic carbocycles. The van der Waals surface area contributed by atoms with E-state index in [0.29, 0.717) is 12.6 Å². The van der Waals surface area contributed by atoms with E-state index in [1.165, 1.54) is 37.9 Å². The maximum Gasteiger partial charge on any atom is 0.116 e. The first-order chi connectivity index (χ1) is 11.3. The molecule has 2 heterocycles. The second kappa shape index (κ2) is 7.66. The monoisotopic (exact) mass is 311 g/mol. The Bertz CT molecular complexity index is 621. The molecule has 23 heavy (non-hydrogen) atoms. The average molecular weight is 311 g/mol. The standard InChI is InChI=1S/C19H25N3O/c1-15(22-10-4-3-5-11-22)16-6-8-17(9-7-16)19-12-18(13-23-2)20-14-21-19/h6-9,12,14-15H,3-5,10-11,13H2,1-2H3/t15-/m0/s1. The van der Waals surface area contributed by atoms with Crippen LogP contribution < -0.4 is 0 Å². The topological polar surface area (TPSA) is 38.2 Å². The summed E-state index contributed by atoms with van der Waals surface area (Å²) >= 11 is 0. The van der Waals surface area contributed by atoms with Crippen molar-refractivity contribution in [2.75, 3.05) is 20.2 Å². The molecule has 0 spiro atoms. The lowest BCUT2D eigenvalue weighted by atomic mass is 10.0. The van der Waals surface area contributed by atoms with Gasteiger partial charge in [0.2, 0.25) is 0 Å². The third-order valence-corrected chi connectivity index (χ3v) is 4.64. The molecule has 1 atom stereocenters. The van der Waals surface area contributed by atoms with Crippen molar-refractivity contribution in [1.29, 1.82) is 0 Å². The third kappa shape index (κ3) is 3.95. The highest BCUT2D eigenvalue weighted by Crippen LogP contribution is 2.26. The van der Waals surface area contributed by atoms with Crippen molar-refractivity contribution in [3.8, 4) is 11.3 Å². The van der Waals surface area contributed by atoms with E-state index in [4.69, 9.17) is 4.74 Å². The highest BCUT2D eigenvalue weighted by Gasteiger charge is 2.18. The lowest BCUT2D eigenvalue weighted by molar-refractivity contribution is 0.175. The fourth-order valence-corrected chi connectivity index (χ4v) is 3.23. The Balaban J connectivity index is 1.74. The molecule has 0 radical (unpaired) electrons. The van der Waals surface area contributed by atoms with E-state index in [9.17, 15) is 0 Å². The van der Waals surface area contributed by atoms with Gasteiger partial charge in [0.1, 0.15) is 6.33 Å². The number of hydrogen-bond acceptors (Lipinski definition) is 4. The molecule has 1 fully saturated rings. The Labute approximate surface area is 138 Å². The Kier molecular flexibility index (Phi) is 5.36. The first-order valence-electron chi connectivity index (χ1n) is 8.42. The lowest BCUT2D eigenvalue weighted by Crippen LogP contribution is -2.32. The van der Waals surface area contributed by atoms with Crippen LogP contribution in [-0.4, -0.2) is 35.1 Å². The maximum absolute atomic E-state index is 5.14. The molecule has 4 heteroatoms. The molecule has 122 valence electrons. The van der Waals surface area contributed by atoms with Gasteiger partial charge in [-0.2, -0.15) is 0 Å². The fraction of sp³-hybridized carbons (Fsp3) is 0.474. The average Bonchev–Trinajstić information content (AvgIpc) is 2.62. The predicted molar refractivity (Wildman–Crippen MR) is 92.0 cm³/mol. The minimum absolute atomic E-state index is 0.485. The van der Waals surface area contributed by atoms with Gasteiger partial charge in [0.25, 0.3) is 0 Å². The summed E-state index contributed by atoms with van der Waals surface area (Å²) < 4.78 is 5.14. The molecule has 2 aromatic rings. The Morgan fingerprint density at radius 3 is 2.52 bits per heavy atom. The molecule has 0 saturated carbocycles. The first kappa shape index (κ1) is 16.1. The first-order valence-corrected chi connectivity index (χ1v) is 8.42. The highest BCUT2D eigenvalue weighted by atomic mass is 16.5. The van der Waals surface area contributed by atoms with E-state index in [1.807, 2.05) is 6.07 Å². The van der Waals surface area contributed by atoms with Crippen molar-refractivity contribution in [1.82, 2.24) is 14.9 Å². The number of ether oxygens (including phenoxy) is 1. The molecule has 4 nitrogen and oxygen atoms in total. The molecule has 0 amide bonds. The minimum atomic E-state index is 0.485. The summed E-state index contributed by atoms with van der Waals surface area (Å²) in [7, 11) is 1.68. The van der Waals surface area contributed by atoms with Gasteiger partial charge in [-0.1, -0.05) is 30.7 Å². The van der Waals surface area contributed by atoms with E-state index in [2.05, 4.69) is 46.1 Å². The zero-order valence-electron chi connectivity index (χ0n) is 14.0. The van der Waals surface area contributed by atoms with Crippen LogP contribution in [0.3, 0.4) is 0 Å². The predicted octanol–water partition coefficient (Wildman–Crippen LogP) is 3.84. The van der Waals surface area contributed by atoms with Crippen molar-refractivity contribution < 1.29 is 4.74 Å². The second-order valence-corrected chi connectivity index (χ2v) is 6.22. The molecule has 0 bridgehead atoms. The number of likely N-dealkylation sites (tertiary alicyclic amines) is 1. The van der Waals surface area contributed by atoms with Crippen LogP contribution in [-0.2, 0) is 11.3 Å². The Hall–Kier alpha value is -1.78. The van der Waals surface area contributed by atoms with Gasteiger partial charge in [-0.25, -0.2) is 9.97 Å². The summed E-state index contributed by atoms with van der Waals surface area (Å²) in [6.45, 7) is 5.26. The van der Waals surface area contributed by atoms with Gasteiger partial charge in [0, 0.05) is 18.7 Å². The van der Waals surface area contributed by atoms with Crippen LogP contribution in [0.2, 0.25) is 0 Å². The molecule has 1 aliphatic rings. The maximum atomic E-state index is 5.14. The third-order valence-electron chi connectivity index (χ3n) is 4.64. The number of aromatic nitrogens is 2. The van der Waals surface area contributed by atoms with Gasteiger partial charge in [-0.05, 0) is 44.5 Å². The largest absolute Gasteiger partial charge is 0.378 e. The molecule has 1 aromatic heterocycles.